The summed E-state index contributed by atoms with van der Waals surface area (Å²) >= 11 is 7.02. The van der Waals surface area contributed by atoms with Gasteiger partial charge in [0, 0.05) is 0 Å². The van der Waals surface area contributed by atoms with Crippen LogP contribution in [0.25, 0.3) is 6.08 Å². The van der Waals surface area contributed by atoms with E-state index in [0.717, 1.165) is 11.8 Å². The van der Waals surface area contributed by atoms with Gasteiger partial charge in [-0.25, -0.2) is 9.79 Å². The standard InChI is InChI=1S/C21H16ClNO5S/c1-2-28-21(27)17-18(25)16(11-12-7-9-13(24)10-8-12)29-20(17)23-19(26)14-5-3-4-6-15(14)22/h3-11,24-25H,2H2,1H3/b16-11-,23-20?. The number of phenols is 1. The maximum Gasteiger partial charge on any atom is 0.344 e. The number of esters is 1. The highest BCUT2D eigenvalue weighted by Gasteiger charge is 2.34. The van der Waals surface area contributed by atoms with Gasteiger partial charge in [0.1, 0.15) is 22.1 Å². The number of carbonyl (C=O) groups is 2. The highest BCUT2D eigenvalue weighted by Crippen LogP contribution is 2.39. The van der Waals surface area contributed by atoms with Crippen LogP contribution in [0.1, 0.15) is 22.8 Å². The first kappa shape index (κ1) is 20.7. The molecular formula is C21H16ClNO5S. The average Bonchev–Trinajstić information content (AvgIpc) is 2.99. The molecule has 0 aliphatic carbocycles. The van der Waals surface area contributed by atoms with Gasteiger partial charge in [-0.1, -0.05) is 47.6 Å². The van der Waals surface area contributed by atoms with Gasteiger partial charge in [-0.3, -0.25) is 4.79 Å². The lowest BCUT2D eigenvalue weighted by Crippen LogP contribution is -2.14. The zero-order chi connectivity index (χ0) is 21.0. The van der Waals surface area contributed by atoms with Crippen LogP contribution in [0.3, 0.4) is 0 Å². The summed E-state index contributed by atoms with van der Waals surface area (Å²) < 4.78 is 5.00. The Morgan fingerprint density at radius 3 is 2.48 bits per heavy atom. The predicted octanol–water partition coefficient (Wildman–Crippen LogP) is 4.75. The van der Waals surface area contributed by atoms with E-state index < -0.39 is 11.9 Å². The number of hydrogen-bond donors (Lipinski definition) is 2. The van der Waals surface area contributed by atoms with Crippen LogP contribution in [0.2, 0.25) is 5.02 Å². The number of hydrogen-bond acceptors (Lipinski definition) is 6. The Hall–Kier alpha value is -3.03. The number of aromatic hydroxyl groups is 1. The van der Waals surface area contributed by atoms with E-state index in [4.69, 9.17) is 16.3 Å². The number of benzene rings is 2. The monoisotopic (exact) mass is 429 g/mol. The van der Waals surface area contributed by atoms with Gasteiger partial charge in [0.15, 0.2) is 0 Å². The van der Waals surface area contributed by atoms with Crippen LogP contribution in [0, 0.1) is 0 Å². The number of aliphatic hydroxyl groups excluding tert-OH is 1. The van der Waals surface area contributed by atoms with Crippen molar-refractivity contribution in [2.24, 2.45) is 4.99 Å². The molecule has 0 spiro atoms. The van der Waals surface area contributed by atoms with Crippen molar-refractivity contribution in [2.45, 2.75) is 6.92 Å². The number of carbonyl (C=O) groups excluding carboxylic acids is 2. The molecule has 1 amide bonds. The smallest absolute Gasteiger partial charge is 0.344 e. The molecule has 0 atom stereocenters. The van der Waals surface area contributed by atoms with Crippen LogP contribution >= 0.6 is 23.4 Å². The zero-order valence-corrected chi connectivity index (χ0v) is 16.8. The molecule has 148 valence electrons. The van der Waals surface area contributed by atoms with E-state index in [-0.39, 0.29) is 39.3 Å². The molecule has 0 radical (unpaired) electrons. The molecule has 1 aliphatic rings. The van der Waals surface area contributed by atoms with Crippen LogP contribution in [-0.4, -0.2) is 33.7 Å². The molecule has 0 fully saturated rings. The first-order valence-corrected chi connectivity index (χ1v) is 9.77. The predicted molar refractivity (Wildman–Crippen MR) is 113 cm³/mol. The van der Waals surface area contributed by atoms with Crippen molar-refractivity contribution < 1.29 is 24.5 Å². The summed E-state index contributed by atoms with van der Waals surface area (Å²) in [4.78, 5) is 29.3. The summed E-state index contributed by atoms with van der Waals surface area (Å²) in [7, 11) is 0. The molecule has 1 aliphatic heterocycles. The zero-order valence-electron chi connectivity index (χ0n) is 15.3. The molecule has 0 aromatic heterocycles. The number of nitrogens with zero attached hydrogens (tertiary/aromatic N) is 1. The maximum atomic E-state index is 12.6. The number of halogens is 1. The summed E-state index contributed by atoms with van der Waals surface area (Å²) in [6, 6.07) is 12.7. The van der Waals surface area contributed by atoms with E-state index in [9.17, 15) is 19.8 Å². The Morgan fingerprint density at radius 2 is 1.83 bits per heavy atom. The van der Waals surface area contributed by atoms with Gasteiger partial charge < -0.3 is 14.9 Å². The van der Waals surface area contributed by atoms with Gasteiger partial charge in [0.05, 0.1) is 22.1 Å². The van der Waals surface area contributed by atoms with Gasteiger partial charge in [0.2, 0.25) is 0 Å². The van der Waals surface area contributed by atoms with Crippen molar-refractivity contribution in [1.82, 2.24) is 0 Å². The molecule has 29 heavy (non-hydrogen) atoms. The third-order valence-corrected chi connectivity index (χ3v) is 5.22. The second-order valence-electron chi connectivity index (χ2n) is 5.85. The van der Waals surface area contributed by atoms with E-state index in [2.05, 4.69) is 4.99 Å². The minimum atomic E-state index is -0.780. The van der Waals surface area contributed by atoms with E-state index in [0.29, 0.717) is 10.5 Å². The molecule has 3 rings (SSSR count). The molecule has 0 bridgehead atoms. The minimum Gasteiger partial charge on any atom is -0.508 e. The van der Waals surface area contributed by atoms with Crippen molar-refractivity contribution in [3.05, 3.63) is 80.9 Å². The molecule has 2 aromatic carbocycles. The minimum absolute atomic E-state index is 0.0240. The maximum absolute atomic E-state index is 12.6. The lowest BCUT2D eigenvalue weighted by atomic mass is 10.1. The van der Waals surface area contributed by atoms with Gasteiger partial charge in [-0.05, 0) is 42.8 Å². The second-order valence-corrected chi connectivity index (χ2v) is 7.29. The van der Waals surface area contributed by atoms with Crippen LogP contribution in [0.5, 0.6) is 5.75 Å². The Labute approximate surface area is 176 Å². The fourth-order valence-electron chi connectivity index (χ4n) is 2.50. The van der Waals surface area contributed by atoms with E-state index in [1.807, 2.05) is 0 Å². The van der Waals surface area contributed by atoms with Gasteiger partial charge in [0.25, 0.3) is 5.91 Å². The SMILES string of the molecule is CCOC(=O)C1=C(O)/C(=C/c2ccc(O)cc2)SC1=NC(=O)c1ccccc1Cl. The summed E-state index contributed by atoms with van der Waals surface area (Å²) in [5, 5.41) is 20.3. The third-order valence-electron chi connectivity index (χ3n) is 3.87. The van der Waals surface area contributed by atoms with E-state index >= 15 is 0 Å². The average molecular weight is 430 g/mol. The van der Waals surface area contributed by atoms with Gasteiger partial charge in [-0.15, -0.1) is 0 Å². The molecule has 2 aromatic rings. The quantitative estimate of drug-likeness (QED) is 0.681. The number of aliphatic imine (C=N–C) groups is 1. The van der Waals surface area contributed by atoms with E-state index in [1.54, 1.807) is 43.3 Å². The van der Waals surface area contributed by atoms with Gasteiger partial charge in [-0.2, -0.15) is 0 Å². The normalized spacial score (nSPS) is 16.5. The number of phenolic OH excluding ortho intramolecular Hbond substituents is 1. The first-order valence-electron chi connectivity index (χ1n) is 8.58. The fourth-order valence-corrected chi connectivity index (χ4v) is 3.73. The van der Waals surface area contributed by atoms with Crippen LogP contribution < -0.4 is 0 Å². The van der Waals surface area contributed by atoms with Crippen LogP contribution in [0.15, 0.2) is 69.8 Å². The summed E-state index contributed by atoms with van der Waals surface area (Å²) in [6.45, 7) is 1.74. The van der Waals surface area contributed by atoms with Crippen LogP contribution in [-0.2, 0) is 9.53 Å². The Balaban J connectivity index is 2.02. The Morgan fingerprint density at radius 1 is 1.14 bits per heavy atom. The highest BCUT2D eigenvalue weighted by atomic mass is 35.5. The third kappa shape index (κ3) is 4.70. The molecule has 2 N–H and O–H groups in total. The molecule has 0 saturated carbocycles. The van der Waals surface area contributed by atoms with Crippen molar-refractivity contribution in [1.29, 1.82) is 0 Å². The van der Waals surface area contributed by atoms with E-state index in [1.165, 1.54) is 18.2 Å². The van der Waals surface area contributed by atoms with Crippen molar-refractivity contribution >= 4 is 46.4 Å². The molecule has 1 heterocycles. The lowest BCUT2D eigenvalue weighted by molar-refractivity contribution is -0.138. The molecule has 8 heteroatoms. The molecule has 0 saturated heterocycles. The largest absolute Gasteiger partial charge is 0.508 e. The highest BCUT2D eigenvalue weighted by molar-refractivity contribution is 8.18. The second kappa shape index (κ2) is 8.98. The Kier molecular flexibility index (Phi) is 6.41. The number of rotatable bonds is 4. The lowest BCUT2D eigenvalue weighted by Gasteiger charge is -2.04. The number of aliphatic hydroxyl groups is 1. The summed E-state index contributed by atoms with van der Waals surface area (Å²) in [6.07, 6.45) is 1.61. The van der Waals surface area contributed by atoms with Crippen molar-refractivity contribution in [3.8, 4) is 5.75 Å². The number of thioether (sulfide) groups is 1. The summed E-state index contributed by atoms with van der Waals surface area (Å²) in [5.74, 6) is -1.64. The van der Waals surface area contributed by atoms with Crippen LogP contribution in [0.4, 0.5) is 0 Å². The Bertz CT molecular complexity index is 1060. The van der Waals surface area contributed by atoms with Crippen molar-refractivity contribution in [2.75, 3.05) is 6.61 Å². The number of ether oxygens (including phenoxy) is 1. The molecule has 6 nitrogen and oxygen atoms in total. The molecular weight excluding hydrogens is 414 g/mol. The van der Waals surface area contributed by atoms with Gasteiger partial charge >= 0.3 is 5.97 Å². The first-order chi connectivity index (χ1) is 13.9. The topological polar surface area (TPSA) is 96.2 Å². The fraction of sp³-hybridized carbons (Fsp3) is 0.0952. The summed E-state index contributed by atoms with van der Waals surface area (Å²) in [5.41, 5.74) is 0.682. The van der Waals surface area contributed by atoms with Crippen molar-refractivity contribution in [3.63, 3.8) is 0 Å². The number of amides is 1. The molecule has 0 unspecified atom stereocenters.